The first-order valence-corrected chi connectivity index (χ1v) is 7.49. The minimum atomic E-state index is -0.306. The van der Waals surface area contributed by atoms with Crippen LogP contribution in [0.2, 0.25) is 0 Å². The molecule has 2 unspecified atom stereocenters. The summed E-state index contributed by atoms with van der Waals surface area (Å²) >= 11 is 0. The summed E-state index contributed by atoms with van der Waals surface area (Å²) in [6.45, 7) is 7.04. The molecule has 134 valence electrons. The lowest BCUT2D eigenvalue weighted by molar-refractivity contribution is -0.127. The Kier molecular flexibility index (Phi) is 12.1. The Morgan fingerprint density at radius 2 is 1.95 bits per heavy atom. The predicted octanol–water partition coefficient (Wildman–Crippen LogP) is 1.15. The first kappa shape index (κ1) is 24.5. The molecule has 0 aromatic carbocycles. The summed E-state index contributed by atoms with van der Waals surface area (Å²) in [5.74, 6) is 0.189. The molecule has 2 aliphatic heterocycles. The number of piperazine rings is 1. The van der Waals surface area contributed by atoms with E-state index in [0.717, 1.165) is 52.0 Å². The third-order valence-corrected chi connectivity index (χ3v) is 4.76. The number of hydrogen-bond donors (Lipinski definition) is 2. The standard InChI is InChI=1S/C14H28N4O.3ClH/c1-4-14(6-5-7-16-14)13(19)15-10-12-11-17(2)8-9-18(12)3;;;/h12,16H,4-11H2,1-3H3,(H,15,19);3*1H. The lowest BCUT2D eigenvalue weighted by Crippen LogP contribution is -2.58. The molecule has 2 atom stereocenters. The molecule has 0 aromatic rings. The van der Waals surface area contributed by atoms with Gasteiger partial charge in [-0.3, -0.25) is 9.69 Å². The second kappa shape index (κ2) is 10.9. The van der Waals surface area contributed by atoms with Gasteiger partial charge in [0.1, 0.15) is 0 Å². The lowest BCUT2D eigenvalue weighted by atomic mass is 9.93. The van der Waals surface area contributed by atoms with Crippen molar-refractivity contribution < 1.29 is 4.79 Å². The summed E-state index contributed by atoms with van der Waals surface area (Å²) in [6.07, 6.45) is 2.95. The van der Waals surface area contributed by atoms with Crippen LogP contribution in [0.1, 0.15) is 26.2 Å². The van der Waals surface area contributed by atoms with Crippen LogP contribution in [0.3, 0.4) is 0 Å². The van der Waals surface area contributed by atoms with Crippen molar-refractivity contribution in [1.29, 1.82) is 0 Å². The maximum absolute atomic E-state index is 12.4. The van der Waals surface area contributed by atoms with Crippen LogP contribution in [-0.4, -0.2) is 74.1 Å². The summed E-state index contributed by atoms with van der Waals surface area (Å²) in [7, 11) is 4.29. The van der Waals surface area contributed by atoms with E-state index in [0.29, 0.717) is 6.04 Å². The van der Waals surface area contributed by atoms with Crippen LogP contribution in [0.25, 0.3) is 0 Å². The van der Waals surface area contributed by atoms with Crippen molar-refractivity contribution in [2.45, 2.75) is 37.8 Å². The summed E-state index contributed by atoms with van der Waals surface area (Å²) in [4.78, 5) is 17.1. The normalized spacial score (nSPS) is 29.0. The summed E-state index contributed by atoms with van der Waals surface area (Å²) in [6, 6.07) is 0.429. The van der Waals surface area contributed by atoms with Gasteiger partial charge in [0, 0.05) is 32.2 Å². The predicted molar refractivity (Wildman–Crippen MR) is 98.9 cm³/mol. The molecule has 2 fully saturated rings. The fourth-order valence-electron chi connectivity index (χ4n) is 3.16. The van der Waals surface area contributed by atoms with Crippen molar-refractivity contribution in [1.82, 2.24) is 20.4 Å². The van der Waals surface area contributed by atoms with E-state index < -0.39 is 0 Å². The number of nitrogens with one attached hydrogen (secondary N) is 2. The van der Waals surface area contributed by atoms with Gasteiger partial charge in [-0.1, -0.05) is 6.92 Å². The van der Waals surface area contributed by atoms with Gasteiger partial charge in [-0.2, -0.15) is 0 Å². The molecular weight excluding hydrogens is 347 g/mol. The lowest BCUT2D eigenvalue weighted by Gasteiger charge is -2.38. The van der Waals surface area contributed by atoms with E-state index in [1.165, 1.54) is 0 Å². The number of hydrogen-bond acceptors (Lipinski definition) is 4. The van der Waals surface area contributed by atoms with Crippen LogP contribution in [0, 0.1) is 0 Å². The third kappa shape index (κ3) is 5.69. The van der Waals surface area contributed by atoms with Gasteiger partial charge in [0.2, 0.25) is 5.91 Å². The Hall–Kier alpha value is 0.220. The van der Waals surface area contributed by atoms with Crippen molar-refractivity contribution >= 4 is 43.1 Å². The molecule has 2 saturated heterocycles. The summed E-state index contributed by atoms with van der Waals surface area (Å²) < 4.78 is 0. The Balaban J connectivity index is 0. The summed E-state index contributed by atoms with van der Waals surface area (Å²) in [5, 5.41) is 6.56. The zero-order valence-corrected chi connectivity index (χ0v) is 16.2. The molecule has 22 heavy (non-hydrogen) atoms. The Morgan fingerprint density at radius 3 is 2.50 bits per heavy atom. The molecule has 0 radical (unpaired) electrons. The van der Waals surface area contributed by atoms with E-state index in [9.17, 15) is 4.79 Å². The molecule has 2 heterocycles. The Morgan fingerprint density at radius 1 is 1.27 bits per heavy atom. The van der Waals surface area contributed by atoms with Crippen molar-refractivity contribution in [2.75, 3.05) is 46.8 Å². The zero-order valence-electron chi connectivity index (χ0n) is 13.8. The fourth-order valence-corrected chi connectivity index (χ4v) is 3.16. The molecular formula is C14H31Cl3N4O. The highest BCUT2D eigenvalue weighted by molar-refractivity contribution is 5.86. The average molecular weight is 378 g/mol. The highest BCUT2D eigenvalue weighted by Gasteiger charge is 2.39. The van der Waals surface area contributed by atoms with E-state index in [1.807, 2.05) is 0 Å². The van der Waals surface area contributed by atoms with Gasteiger partial charge >= 0.3 is 0 Å². The highest BCUT2D eigenvalue weighted by atomic mass is 35.5. The third-order valence-electron chi connectivity index (χ3n) is 4.76. The minimum absolute atomic E-state index is 0. The topological polar surface area (TPSA) is 47.6 Å². The van der Waals surface area contributed by atoms with Gasteiger partial charge in [-0.15, -0.1) is 37.2 Å². The number of carbonyl (C=O) groups excluding carboxylic acids is 1. The molecule has 0 spiro atoms. The van der Waals surface area contributed by atoms with E-state index in [1.54, 1.807) is 0 Å². The average Bonchev–Trinajstić information content (AvgIpc) is 2.89. The molecule has 5 nitrogen and oxygen atoms in total. The first-order chi connectivity index (χ1) is 9.07. The molecule has 2 rings (SSSR count). The zero-order chi connectivity index (χ0) is 13.9. The number of likely N-dealkylation sites (N-methyl/N-ethyl adjacent to an activating group) is 2. The maximum Gasteiger partial charge on any atom is 0.240 e. The number of nitrogens with zero attached hydrogens (tertiary/aromatic N) is 2. The largest absolute Gasteiger partial charge is 0.353 e. The number of halogens is 3. The quantitative estimate of drug-likeness (QED) is 0.771. The molecule has 0 bridgehead atoms. The Bertz CT molecular complexity index is 327. The smallest absolute Gasteiger partial charge is 0.240 e. The number of rotatable bonds is 4. The molecule has 1 amide bonds. The molecule has 2 aliphatic rings. The van der Waals surface area contributed by atoms with Crippen LogP contribution in [-0.2, 0) is 4.79 Å². The monoisotopic (exact) mass is 376 g/mol. The van der Waals surface area contributed by atoms with Gasteiger partial charge in [0.05, 0.1) is 5.54 Å². The van der Waals surface area contributed by atoms with Crippen LogP contribution in [0.4, 0.5) is 0 Å². The van der Waals surface area contributed by atoms with Gasteiger partial charge in [0.25, 0.3) is 0 Å². The molecule has 0 aromatic heterocycles. The molecule has 8 heteroatoms. The van der Waals surface area contributed by atoms with Crippen LogP contribution in [0.5, 0.6) is 0 Å². The minimum Gasteiger partial charge on any atom is -0.353 e. The van der Waals surface area contributed by atoms with Gasteiger partial charge in [-0.25, -0.2) is 0 Å². The summed E-state index contributed by atoms with van der Waals surface area (Å²) in [5.41, 5.74) is -0.306. The van der Waals surface area contributed by atoms with Gasteiger partial charge in [-0.05, 0) is 39.9 Å². The van der Waals surface area contributed by atoms with Crippen molar-refractivity contribution in [2.24, 2.45) is 0 Å². The number of carbonyl (C=O) groups is 1. The van der Waals surface area contributed by atoms with Gasteiger partial charge < -0.3 is 15.5 Å². The van der Waals surface area contributed by atoms with Crippen LogP contribution >= 0.6 is 37.2 Å². The van der Waals surface area contributed by atoms with E-state index in [4.69, 9.17) is 0 Å². The van der Waals surface area contributed by atoms with E-state index >= 15 is 0 Å². The van der Waals surface area contributed by atoms with Crippen LogP contribution < -0.4 is 10.6 Å². The SMILES string of the molecule is CCC1(C(=O)NCC2CN(C)CCN2C)CCCN1.Cl.Cl.Cl. The van der Waals surface area contributed by atoms with Crippen molar-refractivity contribution in [3.05, 3.63) is 0 Å². The van der Waals surface area contributed by atoms with Crippen molar-refractivity contribution in [3.8, 4) is 0 Å². The van der Waals surface area contributed by atoms with Gasteiger partial charge in [0.15, 0.2) is 0 Å². The Labute approximate surface area is 153 Å². The maximum atomic E-state index is 12.4. The second-order valence-electron chi connectivity index (χ2n) is 6.07. The molecule has 0 aliphatic carbocycles. The van der Waals surface area contributed by atoms with E-state index in [-0.39, 0.29) is 48.7 Å². The highest BCUT2D eigenvalue weighted by Crippen LogP contribution is 2.23. The fraction of sp³-hybridized carbons (Fsp3) is 0.929. The molecule has 0 saturated carbocycles. The molecule has 2 N–H and O–H groups in total. The van der Waals surface area contributed by atoms with Crippen LogP contribution in [0.15, 0.2) is 0 Å². The first-order valence-electron chi connectivity index (χ1n) is 7.49. The van der Waals surface area contributed by atoms with Crippen molar-refractivity contribution in [3.63, 3.8) is 0 Å². The second-order valence-corrected chi connectivity index (χ2v) is 6.07. The van der Waals surface area contributed by atoms with E-state index in [2.05, 4.69) is 41.5 Å². The number of amides is 1.